The summed E-state index contributed by atoms with van der Waals surface area (Å²) in [6.07, 6.45) is 4.50. The molecule has 1 amide bonds. The van der Waals surface area contributed by atoms with Crippen molar-refractivity contribution < 1.29 is 23.8 Å². The second kappa shape index (κ2) is 10.7. The average molecular weight is 440 g/mol. The summed E-state index contributed by atoms with van der Waals surface area (Å²) in [5, 5.41) is 0. The van der Waals surface area contributed by atoms with Crippen LogP contribution in [-0.4, -0.2) is 55.3 Å². The molecule has 2 aromatic rings. The summed E-state index contributed by atoms with van der Waals surface area (Å²) < 4.78 is 17.3. The van der Waals surface area contributed by atoms with Gasteiger partial charge >= 0.3 is 5.97 Å². The van der Waals surface area contributed by atoms with Crippen LogP contribution in [0.3, 0.4) is 0 Å². The lowest BCUT2D eigenvalue weighted by atomic mass is 9.97. The summed E-state index contributed by atoms with van der Waals surface area (Å²) in [5.74, 6) is -0.0760. The van der Waals surface area contributed by atoms with E-state index in [1.54, 1.807) is 54.4 Å². The first-order chi connectivity index (χ1) is 15.5. The van der Waals surface area contributed by atoms with Gasteiger partial charge in [0.2, 0.25) is 0 Å². The molecule has 170 valence electrons. The number of methoxy groups -OCH3 is 2. The first-order valence-corrected chi connectivity index (χ1v) is 10.6. The van der Waals surface area contributed by atoms with Crippen LogP contribution in [-0.2, 0) is 14.3 Å². The van der Waals surface area contributed by atoms with Gasteiger partial charge in [-0.15, -0.1) is 0 Å². The van der Waals surface area contributed by atoms with E-state index in [4.69, 9.17) is 14.2 Å². The van der Waals surface area contributed by atoms with E-state index in [2.05, 4.69) is 0 Å². The quantitative estimate of drug-likeness (QED) is 0.486. The highest BCUT2D eigenvalue weighted by molar-refractivity contribution is 6.18. The van der Waals surface area contributed by atoms with Crippen molar-refractivity contribution in [3.63, 3.8) is 0 Å². The molecule has 0 unspecified atom stereocenters. The minimum atomic E-state index is -0.382. The third kappa shape index (κ3) is 5.01. The van der Waals surface area contributed by atoms with Gasteiger partial charge in [-0.1, -0.05) is 18.2 Å². The van der Waals surface area contributed by atoms with E-state index in [1.165, 1.54) is 24.9 Å². The van der Waals surface area contributed by atoms with Crippen LogP contribution in [0.15, 0.2) is 47.4 Å². The van der Waals surface area contributed by atoms with E-state index in [-0.39, 0.29) is 35.6 Å². The molecule has 0 N–H and O–H groups in total. The topological polar surface area (TPSA) is 87.1 Å². The molecule has 0 saturated carbocycles. The van der Waals surface area contributed by atoms with E-state index in [0.29, 0.717) is 43.1 Å². The summed E-state index contributed by atoms with van der Waals surface area (Å²) in [6, 6.07) is 10.00. The van der Waals surface area contributed by atoms with E-state index in [9.17, 15) is 14.4 Å². The Hall–Kier alpha value is -3.55. The standard InChI is InChI=1S/C24H28N2O6/c1-4-32-24(29)18-10-8-13-25(16-18)23(28)19(26-14-6-5-12-21(26)27)15-17-9-7-11-20(30-2)22(17)31-3/h5-7,9,11-12,14-15,18H,4,8,10,13,16H2,1-3H3/b19-15+/t18-/m0/s1. The molecule has 0 aliphatic carbocycles. The van der Waals surface area contributed by atoms with Crippen LogP contribution in [0.25, 0.3) is 11.8 Å². The molecule has 1 saturated heterocycles. The minimum absolute atomic E-state index is 0.159. The van der Waals surface area contributed by atoms with Gasteiger partial charge in [0.25, 0.3) is 11.5 Å². The zero-order chi connectivity index (χ0) is 23.1. The number of carbonyl (C=O) groups is 2. The Morgan fingerprint density at radius 3 is 2.62 bits per heavy atom. The van der Waals surface area contributed by atoms with Gasteiger partial charge in [0.1, 0.15) is 5.70 Å². The number of nitrogens with zero attached hydrogens (tertiary/aromatic N) is 2. The number of pyridine rings is 1. The van der Waals surface area contributed by atoms with Crippen LogP contribution in [0, 0.1) is 5.92 Å². The number of hydrogen-bond donors (Lipinski definition) is 0. The molecule has 0 spiro atoms. The highest BCUT2D eigenvalue weighted by atomic mass is 16.5. The Kier molecular flexibility index (Phi) is 7.70. The summed E-state index contributed by atoms with van der Waals surface area (Å²) in [4.78, 5) is 40.0. The number of likely N-dealkylation sites (tertiary alicyclic amines) is 1. The summed E-state index contributed by atoms with van der Waals surface area (Å²) in [6.45, 7) is 2.78. The fraction of sp³-hybridized carbons (Fsp3) is 0.375. The fourth-order valence-corrected chi connectivity index (χ4v) is 3.81. The molecular formula is C24H28N2O6. The van der Waals surface area contributed by atoms with E-state index >= 15 is 0 Å². The number of benzene rings is 1. The largest absolute Gasteiger partial charge is 0.493 e. The number of aromatic nitrogens is 1. The van der Waals surface area contributed by atoms with Crippen molar-refractivity contribution in [2.24, 2.45) is 5.92 Å². The molecule has 1 aromatic heterocycles. The van der Waals surface area contributed by atoms with Crippen LogP contribution >= 0.6 is 0 Å². The predicted molar refractivity (Wildman–Crippen MR) is 120 cm³/mol. The third-order valence-electron chi connectivity index (χ3n) is 5.36. The number of para-hydroxylation sites is 1. The third-order valence-corrected chi connectivity index (χ3v) is 5.36. The number of rotatable bonds is 7. The monoisotopic (exact) mass is 440 g/mol. The van der Waals surface area contributed by atoms with Crippen molar-refractivity contribution in [3.8, 4) is 11.5 Å². The molecule has 8 nitrogen and oxygen atoms in total. The van der Waals surface area contributed by atoms with Gasteiger partial charge in [0.15, 0.2) is 11.5 Å². The Morgan fingerprint density at radius 2 is 1.94 bits per heavy atom. The smallest absolute Gasteiger partial charge is 0.310 e. The lowest BCUT2D eigenvalue weighted by Gasteiger charge is -2.32. The second-order valence-corrected chi connectivity index (χ2v) is 7.36. The number of carbonyl (C=O) groups excluding carboxylic acids is 2. The SMILES string of the molecule is CCOC(=O)[C@H]1CCCN(C(=O)/C(=C\c2cccc(OC)c2OC)n2ccccc2=O)C1. The second-order valence-electron chi connectivity index (χ2n) is 7.36. The lowest BCUT2D eigenvalue weighted by Crippen LogP contribution is -2.44. The molecule has 1 fully saturated rings. The first-order valence-electron chi connectivity index (χ1n) is 10.6. The van der Waals surface area contributed by atoms with Crippen LogP contribution < -0.4 is 15.0 Å². The molecule has 32 heavy (non-hydrogen) atoms. The minimum Gasteiger partial charge on any atom is -0.493 e. The Bertz CT molecular complexity index is 1060. The molecule has 1 atom stereocenters. The molecule has 0 radical (unpaired) electrons. The zero-order valence-corrected chi connectivity index (χ0v) is 18.6. The Labute approximate surface area is 187 Å². The Morgan fingerprint density at radius 1 is 1.12 bits per heavy atom. The van der Waals surface area contributed by atoms with Gasteiger partial charge < -0.3 is 19.1 Å². The molecule has 1 aliphatic heterocycles. The van der Waals surface area contributed by atoms with Gasteiger partial charge in [-0.2, -0.15) is 0 Å². The maximum atomic E-state index is 13.6. The van der Waals surface area contributed by atoms with Crippen molar-refractivity contribution in [1.29, 1.82) is 0 Å². The van der Waals surface area contributed by atoms with Crippen LogP contribution in [0.2, 0.25) is 0 Å². The van der Waals surface area contributed by atoms with Crippen LogP contribution in [0.4, 0.5) is 0 Å². The first kappa shape index (κ1) is 23.1. The van der Waals surface area contributed by atoms with Crippen molar-refractivity contribution in [1.82, 2.24) is 9.47 Å². The molecule has 0 bridgehead atoms. The lowest BCUT2D eigenvalue weighted by molar-refractivity contribution is -0.150. The Balaban J connectivity index is 2.04. The van der Waals surface area contributed by atoms with Crippen LogP contribution in [0.5, 0.6) is 11.5 Å². The number of amides is 1. The van der Waals surface area contributed by atoms with Gasteiger partial charge in [0, 0.05) is 30.9 Å². The highest BCUT2D eigenvalue weighted by Gasteiger charge is 2.31. The maximum Gasteiger partial charge on any atom is 0.310 e. The average Bonchev–Trinajstić information content (AvgIpc) is 2.82. The van der Waals surface area contributed by atoms with E-state index in [1.807, 2.05) is 0 Å². The van der Waals surface area contributed by atoms with Crippen molar-refractivity contribution in [2.75, 3.05) is 33.9 Å². The van der Waals surface area contributed by atoms with Crippen LogP contribution in [0.1, 0.15) is 25.3 Å². The number of ether oxygens (including phenoxy) is 3. The summed E-state index contributed by atoms with van der Waals surface area (Å²) in [7, 11) is 3.04. The fourth-order valence-electron chi connectivity index (χ4n) is 3.81. The predicted octanol–water partition coefficient (Wildman–Crippen LogP) is 2.67. The van der Waals surface area contributed by atoms with Crippen molar-refractivity contribution in [3.05, 3.63) is 58.5 Å². The molecule has 3 rings (SSSR count). The molecule has 1 aliphatic rings. The number of hydrogen-bond acceptors (Lipinski definition) is 6. The van der Waals surface area contributed by atoms with Gasteiger partial charge in [-0.3, -0.25) is 19.0 Å². The van der Waals surface area contributed by atoms with E-state index in [0.717, 1.165) is 0 Å². The molecular weight excluding hydrogens is 412 g/mol. The van der Waals surface area contributed by atoms with Crippen molar-refractivity contribution in [2.45, 2.75) is 19.8 Å². The summed E-state index contributed by atoms with van der Waals surface area (Å²) in [5.41, 5.74) is 0.407. The van der Waals surface area contributed by atoms with Gasteiger partial charge in [-0.25, -0.2) is 0 Å². The molecule has 2 heterocycles. The van der Waals surface area contributed by atoms with Gasteiger partial charge in [0.05, 0.1) is 26.7 Å². The van der Waals surface area contributed by atoms with Crippen molar-refractivity contribution >= 4 is 23.6 Å². The summed E-state index contributed by atoms with van der Waals surface area (Å²) >= 11 is 0. The number of esters is 1. The van der Waals surface area contributed by atoms with E-state index < -0.39 is 0 Å². The maximum absolute atomic E-state index is 13.6. The zero-order valence-electron chi connectivity index (χ0n) is 18.6. The normalized spacial score (nSPS) is 16.4. The number of piperidine rings is 1. The molecule has 8 heteroatoms. The highest BCUT2D eigenvalue weighted by Crippen LogP contribution is 2.33. The molecule has 1 aromatic carbocycles. The van der Waals surface area contributed by atoms with Gasteiger partial charge in [-0.05, 0) is 38.0 Å².